The Morgan fingerprint density at radius 3 is 2.75 bits per heavy atom. The molecule has 1 rings (SSSR count). The molecule has 8 heteroatoms. The van der Waals surface area contributed by atoms with E-state index in [0.29, 0.717) is 0 Å². The van der Waals surface area contributed by atoms with E-state index in [4.69, 9.17) is 5.21 Å². The Balaban J connectivity index is 3.14. The zero-order valence-electron chi connectivity index (χ0n) is 7.71. The Labute approximate surface area is 87.9 Å². The third kappa shape index (κ3) is 2.87. The van der Waals surface area contributed by atoms with E-state index in [1.54, 1.807) is 0 Å². The topological polar surface area (TPSA) is 85.0 Å². The molecular formula is C8H6F2N2O4. The van der Waals surface area contributed by atoms with Gasteiger partial charge in [0.2, 0.25) is 5.75 Å². The van der Waals surface area contributed by atoms with Gasteiger partial charge in [-0.3, -0.25) is 10.1 Å². The fraction of sp³-hybridized carbons (Fsp3) is 0.125. The van der Waals surface area contributed by atoms with Crippen molar-refractivity contribution in [3.8, 4) is 5.75 Å². The molecule has 6 nitrogen and oxygen atoms in total. The normalized spacial score (nSPS) is 10.9. The molecule has 0 amide bonds. The van der Waals surface area contributed by atoms with Crippen LogP contribution in [0, 0.1) is 10.1 Å². The van der Waals surface area contributed by atoms with Crippen LogP contribution in [-0.4, -0.2) is 23.0 Å². The minimum Gasteiger partial charge on any atom is -0.427 e. The van der Waals surface area contributed by atoms with E-state index in [1.165, 1.54) is 6.07 Å². The number of ether oxygens (including phenoxy) is 1. The molecule has 0 bridgehead atoms. The second-order valence-corrected chi connectivity index (χ2v) is 2.61. The maximum Gasteiger partial charge on any atom is 0.387 e. The number of nitrogens with zero attached hydrogens (tertiary/aromatic N) is 2. The lowest BCUT2D eigenvalue weighted by Gasteiger charge is -2.05. The number of hydrogen-bond donors (Lipinski definition) is 1. The Bertz CT molecular complexity index is 422. The molecule has 0 saturated heterocycles. The summed E-state index contributed by atoms with van der Waals surface area (Å²) < 4.78 is 27.8. The number of nitro benzene ring substituents is 1. The summed E-state index contributed by atoms with van der Waals surface area (Å²) in [6.07, 6.45) is 0.930. The highest BCUT2D eigenvalue weighted by atomic mass is 19.3. The van der Waals surface area contributed by atoms with Gasteiger partial charge in [-0.1, -0.05) is 5.16 Å². The molecule has 0 atom stereocenters. The summed E-state index contributed by atoms with van der Waals surface area (Å²) in [6.45, 7) is -3.14. The first-order chi connectivity index (χ1) is 7.54. The molecule has 86 valence electrons. The van der Waals surface area contributed by atoms with Crippen LogP contribution in [0.3, 0.4) is 0 Å². The van der Waals surface area contributed by atoms with Crippen molar-refractivity contribution in [2.75, 3.05) is 0 Å². The van der Waals surface area contributed by atoms with E-state index in [2.05, 4.69) is 9.89 Å². The highest BCUT2D eigenvalue weighted by Gasteiger charge is 2.18. The van der Waals surface area contributed by atoms with Crippen LogP contribution in [0.2, 0.25) is 0 Å². The van der Waals surface area contributed by atoms with Crippen molar-refractivity contribution in [2.24, 2.45) is 5.16 Å². The van der Waals surface area contributed by atoms with Crippen LogP contribution in [-0.2, 0) is 0 Å². The van der Waals surface area contributed by atoms with Crippen LogP contribution in [0.25, 0.3) is 0 Å². The molecule has 0 spiro atoms. The average molecular weight is 232 g/mol. The van der Waals surface area contributed by atoms with E-state index in [0.717, 1.165) is 18.3 Å². The van der Waals surface area contributed by atoms with Gasteiger partial charge in [0.25, 0.3) is 0 Å². The molecule has 1 N–H and O–H groups in total. The van der Waals surface area contributed by atoms with Gasteiger partial charge < -0.3 is 9.94 Å². The van der Waals surface area contributed by atoms with Gasteiger partial charge in [-0.2, -0.15) is 8.78 Å². The molecular weight excluding hydrogens is 226 g/mol. The minimum atomic E-state index is -3.14. The van der Waals surface area contributed by atoms with Gasteiger partial charge in [-0.15, -0.1) is 0 Å². The van der Waals surface area contributed by atoms with Gasteiger partial charge in [-0.25, -0.2) is 0 Å². The number of oxime groups is 1. The number of hydrogen-bond acceptors (Lipinski definition) is 5. The van der Waals surface area contributed by atoms with Crippen molar-refractivity contribution >= 4 is 11.9 Å². The van der Waals surface area contributed by atoms with Crippen LogP contribution in [0.15, 0.2) is 23.4 Å². The summed E-state index contributed by atoms with van der Waals surface area (Å²) in [5.74, 6) is -0.546. The third-order valence-corrected chi connectivity index (χ3v) is 1.60. The number of nitro groups is 1. The number of benzene rings is 1. The molecule has 0 aliphatic carbocycles. The Morgan fingerprint density at radius 2 is 2.25 bits per heavy atom. The maximum atomic E-state index is 11.9. The molecule has 1 aromatic carbocycles. The summed E-state index contributed by atoms with van der Waals surface area (Å²) in [5, 5.41) is 21.4. The van der Waals surface area contributed by atoms with Crippen molar-refractivity contribution < 1.29 is 23.6 Å². The largest absolute Gasteiger partial charge is 0.427 e. The predicted molar refractivity (Wildman–Crippen MR) is 49.1 cm³/mol. The van der Waals surface area contributed by atoms with Crippen molar-refractivity contribution in [1.29, 1.82) is 0 Å². The first-order valence-corrected chi connectivity index (χ1v) is 3.95. The molecule has 0 unspecified atom stereocenters. The molecule has 16 heavy (non-hydrogen) atoms. The van der Waals surface area contributed by atoms with Crippen LogP contribution < -0.4 is 4.74 Å². The molecule has 0 radical (unpaired) electrons. The van der Waals surface area contributed by atoms with E-state index in [9.17, 15) is 18.9 Å². The average Bonchev–Trinajstić information content (AvgIpc) is 2.19. The Kier molecular flexibility index (Phi) is 3.70. The number of rotatable bonds is 4. The van der Waals surface area contributed by atoms with Gasteiger partial charge in [-0.05, 0) is 12.1 Å². The van der Waals surface area contributed by atoms with E-state index >= 15 is 0 Å². The van der Waals surface area contributed by atoms with Crippen molar-refractivity contribution in [3.63, 3.8) is 0 Å². The summed E-state index contributed by atoms with van der Waals surface area (Å²) in [5.41, 5.74) is -0.437. The quantitative estimate of drug-likeness (QED) is 0.372. The predicted octanol–water partition coefficient (Wildman–Crippen LogP) is 2.00. The fourth-order valence-corrected chi connectivity index (χ4v) is 1.02. The smallest absolute Gasteiger partial charge is 0.387 e. The minimum absolute atomic E-state index is 0.191. The van der Waals surface area contributed by atoms with Crippen molar-refractivity contribution in [3.05, 3.63) is 33.9 Å². The van der Waals surface area contributed by atoms with Crippen LogP contribution in [0.5, 0.6) is 5.75 Å². The second-order valence-electron chi connectivity index (χ2n) is 2.61. The number of alkyl halides is 2. The Hall–Kier alpha value is -2.25. The lowest BCUT2D eigenvalue weighted by atomic mass is 10.2. The lowest BCUT2D eigenvalue weighted by molar-refractivity contribution is -0.386. The van der Waals surface area contributed by atoms with Gasteiger partial charge in [0.15, 0.2) is 0 Å². The zero-order chi connectivity index (χ0) is 12.1. The summed E-state index contributed by atoms with van der Waals surface area (Å²) in [7, 11) is 0. The first-order valence-electron chi connectivity index (χ1n) is 3.95. The van der Waals surface area contributed by atoms with Crippen LogP contribution in [0.1, 0.15) is 5.56 Å². The third-order valence-electron chi connectivity index (χ3n) is 1.60. The molecule has 0 aromatic heterocycles. The van der Waals surface area contributed by atoms with Gasteiger partial charge in [0.05, 0.1) is 11.1 Å². The highest BCUT2D eigenvalue weighted by Crippen LogP contribution is 2.28. The molecule has 0 aliphatic heterocycles. The lowest BCUT2D eigenvalue weighted by Crippen LogP contribution is -2.04. The zero-order valence-corrected chi connectivity index (χ0v) is 7.71. The van der Waals surface area contributed by atoms with E-state index < -0.39 is 23.0 Å². The molecule has 0 saturated carbocycles. The highest BCUT2D eigenvalue weighted by molar-refractivity contribution is 5.81. The van der Waals surface area contributed by atoms with Gasteiger partial charge in [0, 0.05) is 11.6 Å². The van der Waals surface area contributed by atoms with E-state index in [-0.39, 0.29) is 5.56 Å². The molecule has 0 heterocycles. The standard InChI is InChI=1S/C8H6F2N2O4/c9-8(10)16-7-2-1-5(4-11-13)3-6(7)12(14)15/h1-4,8,13H. The monoisotopic (exact) mass is 232 g/mol. The summed E-state index contributed by atoms with van der Waals surface area (Å²) >= 11 is 0. The molecule has 0 aliphatic rings. The second kappa shape index (κ2) is 5.01. The van der Waals surface area contributed by atoms with Crippen LogP contribution in [0.4, 0.5) is 14.5 Å². The first kappa shape index (κ1) is 11.8. The fourth-order valence-electron chi connectivity index (χ4n) is 1.02. The summed E-state index contributed by atoms with van der Waals surface area (Å²) in [4.78, 5) is 9.66. The van der Waals surface area contributed by atoms with Crippen molar-refractivity contribution in [2.45, 2.75) is 6.61 Å². The number of halogens is 2. The Morgan fingerprint density at radius 1 is 1.56 bits per heavy atom. The SMILES string of the molecule is O=[N+]([O-])c1cc(C=NO)ccc1OC(F)F. The van der Waals surface area contributed by atoms with Gasteiger partial charge >= 0.3 is 12.3 Å². The van der Waals surface area contributed by atoms with Gasteiger partial charge in [0.1, 0.15) is 0 Å². The van der Waals surface area contributed by atoms with E-state index in [1.807, 2.05) is 0 Å². The molecule has 0 fully saturated rings. The molecule has 1 aromatic rings. The summed E-state index contributed by atoms with van der Waals surface area (Å²) in [6, 6.07) is 3.20. The maximum absolute atomic E-state index is 11.9. The van der Waals surface area contributed by atoms with Crippen molar-refractivity contribution in [1.82, 2.24) is 0 Å². The van der Waals surface area contributed by atoms with Crippen LogP contribution >= 0.6 is 0 Å².